The zero-order valence-electron chi connectivity index (χ0n) is 5.08. The molecule has 0 spiro atoms. The first-order valence-electron chi connectivity index (χ1n) is 2.90. The van der Waals surface area contributed by atoms with Crippen LogP contribution in [-0.2, 0) is 6.42 Å². The summed E-state index contributed by atoms with van der Waals surface area (Å²) in [6, 6.07) is 1.89. The molecule has 1 rings (SSSR count). The van der Waals surface area contributed by atoms with Crippen LogP contribution in [-0.4, -0.2) is 6.21 Å². The summed E-state index contributed by atoms with van der Waals surface area (Å²) in [5, 5.41) is 8.31. The van der Waals surface area contributed by atoms with Gasteiger partial charge >= 0.3 is 0 Å². The molecule has 0 unspecified atom stereocenters. The van der Waals surface area contributed by atoms with Gasteiger partial charge in [-0.2, -0.15) is 5.41 Å². The first kappa shape index (κ1) is 6.08. The molecule has 0 bridgehead atoms. The number of hydrogen-bond donors (Lipinski definition) is 0. The van der Waals surface area contributed by atoms with Gasteiger partial charge in [0.2, 0.25) is 0 Å². The molecular formula is C7H8NO. The molecule has 2 heteroatoms. The van der Waals surface area contributed by atoms with E-state index in [1.54, 1.807) is 12.5 Å². The highest BCUT2D eigenvalue weighted by atomic mass is 16.3. The molecule has 0 atom stereocenters. The molecular weight excluding hydrogens is 114 g/mol. The van der Waals surface area contributed by atoms with Crippen molar-refractivity contribution in [3.8, 4) is 0 Å². The van der Waals surface area contributed by atoms with E-state index in [-0.39, 0.29) is 0 Å². The molecule has 0 saturated carbocycles. The van der Waals surface area contributed by atoms with E-state index in [9.17, 15) is 0 Å². The fraction of sp³-hybridized carbons (Fsp3) is 0.286. The summed E-state index contributed by atoms with van der Waals surface area (Å²) in [6.07, 6.45) is 6.02. The van der Waals surface area contributed by atoms with Crippen molar-refractivity contribution in [3.05, 3.63) is 24.2 Å². The predicted molar refractivity (Wildman–Crippen MR) is 35.2 cm³/mol. The molecule has 0 saturated heterocycles. The number of furan rings is 1. The zero-order chi connectivity index (χ0) is 6.53. The second-order valence-electron chi connectivity index (χ2n) is 1.85. The Bertz CT molecular complexity index is 167. The summed E-state index contributed by atoms with van der Waals surface area (Å²) >= 11 is 0. The topological polar surface area (TPSA) is 35.4 Å². The Morgan fingerprint density at radius 2 is 2.56 bits per heavy atom. The minimum absolute atomic E-state index is 0.694. The molecule has 47 valence electrons. The Balaban J connectivity index is 2.38. The molecule has 0 aromatic carbocycles. The molecule has 2 nitrogen and oxygen atoms in total. The van der Waals surface area contributed by atoms with Gasteiger partial charge in [0.25, 0.3) is 0 Å². The average molecular weight is 122 g/mol. The van der Waals surface area contributed by atoms with E-state index in [2.05, 4.69) is 0 Å². The summed E-state index contributed by atoms with van der Waals surface area (Å²) < 4.78 is 4.82. The highest BCUT2D eigenvalue weighted by Gasteiger charge is 1.89. The summed E-state index contributed by atoms with van der Waals surface area (Å²) in [6.45, 7) is 0. The van der Waals surface area contributed by atoms with Crippen molar-refractivity contribution in [1.29, 1.82) is 0 Å². The number of nitrogens with zero attached hydrogens (tertiary/aromatic N) is 1. The molecule has 0 aliphatic carbocycles. The van der Waals surface area contributed by atoms with Crippen molar-refractivity contribution in [2.24, 2.45) is 0 Å². The van der Waals surface area contributed by atoms with Crippen molar-refractivity contribution in [3.63, 3.8) is 0 Å². The first-order valence-corrected chi connectivity index (χ1v) is 2.90. The van der Waals surface area contributed by atoms with Crippen LogP contribution in [0.15, 0.2) is 23.0 Å². The first-order chi connectivity index (χ1) is 4.43. The summed E-state index contributed by atoms with van der Waals surface area (Å²) in [5.41, 5.74) is 1.13. The smallest absolute Gasteiger partial charge is 0.0934 e. The van der Waals surface area contributed by atoms with Crippen molar-refractivity contribution in [2.45, 2.75) is 12.8 Å². The van der Waals surface area contributed by atoms with E-state index in [1.807, 2.05) is 6.07 Å². The quantitative estimate of drug-likeness (QED) is 0.552. The molecule has 1 aromatic rings. The maximum Gasteiger partial charge on any atom is 0.0934 e. The third kappa shape index (κ3) is 1.72. The molecule has 0 N–H and O–H groups in total. The highest BCUT2D eigenvalue weighted by Crippen LogP contribution is 2.01. The van der Waals surface area contributed by atoms with Gasteiger partial charge in [-0.3, -0.25) is 0 Å². The predicted octanol–water partition coefficient (Wildman–Crippen LogP) is 1.08. The Morgan fingerprint density at radius 3 is 3.11 bits per heavy atom. The Kier molecular flexibility index (Phi) is 2.07. The second-order valence-corrected chi connectivity index (χ2v) is 1.85. The van der Waals surface area contributed by atoms with Crippen LogP contribution in [0.25, 0.3) is 0 Å². The Hall–Kier alpha value is -1.05. The largest absolute Gasteiger partial charge is 0.472 e. The van der Waals surface area contributed by atoms with Gasteiger partial charge in [0.05, 0.1) is 12.5 Å². The lowest BCUT2D eigenvalue weighted by Crippen LogP contribution is -1.81. The average Bonchev–Trinajstić information content (AvgIpc) is 2.34. The van der Waals surface area contributed by atoms with E-state index in [0.717, 1.165) is 18.2 Å². The Morgan fingerprint density at radius 1 is 1.67 bits per heavy atom. The number of aryl methyl sites for hydroxylation is 1. The van der Waals surface area contributed by atoms with E-state index < -0.39 is 0 Å². The standard InChI is InChI=1S/C7H8NO/c8-4-1-2-7-3-5-9-6-7/h3-6H,1-2H2. The lowest BCUT2D eigenvalue weighted by Gasteiger charge is -1.85. The monoisotopic (exact) mass is 122 g/mol. The number of hydrogen-bond acceptors (Lipinski definition) is 1. The summed E-state index contributed by atoms with van der Waals surface area (Å²) in [5.74, 6) is 0. The van der Waals surface area contributed by atoms with Crippen molar-refractivity contribution in [2.75, 3.05) is 0 Å². The molecule has 1 radical (unpaired) electrons. The second kappa shape index (κ2) is 3.07. The third-order valence-corrected chi connectivity index (χ3v) is 1.14. The molecule has 0 aliphatic heterocycles. The van der Waals surface area contributed by atoms with Gasteiger partial charge in [-0.05, 0) is 24.5 Å². The summed E-state index contributed by atoms with van der Waals surface area (Å²) in [4.78, 5) is 0. The van der Waals surface area contributed by atoms with Crippen LogP contribution < -0.4 is 5.41 Å². The van der Waals surface area contributed by atoms with Crippen molar-refractivity contribution in [1.82, 2.24) is 5.41 Å². The van der Waals surface area contributed by atoms with Gasteiger partial charge in [0, 0.05) is 6.21 Å². The van der Waals surface area contributed by atoms with Crippen LogP contribution in [0.2, 0.25) is 0 Å². The van der Waals surface area contributed by atoms with Gasteiger partial charge in [-0.1, -0.05) is 0 Å². The van der Waals surface area contributed by atoms with Gasteiger partial charge in [0.1, 0.15) is 0 Å². The molecule has 1 heterocycles. The molecule has 9 heavy (non-hydrogen) atoms. The van der Waals surface area contributed by atoms with Crippen LogP contribution >= 0.6 is 0 Å². The van der Waals surface area contributed by atoms with Gasteiger partial charge in [-0.25, -0.2) is 0 Å². The zero-order valence-corrected chi connectivity index (χ0v) is 5.08. The van der Waals surface area contributed by atoms with E-state index in [0.29, 0.717) is 6.42 Å². The van der Waals surface area contributed by atoms with Crippen LogP contribution in [0.3, 0.4) is 0 Å². The number of rotatable bonds is 3. The molecule has 0 aliphatic rings. The van der Waals surface area contributed by atoms with Crippen molar-refractivity contribution >= 4 is 6.21 Å². The van der Waals surface area contributed by atoms with Gasteiger partial charge in [0.15, 0.2) is 0 Å². The van der Waals surface area contributed by atoms with Crippen LogP contribution in [0.5, 0.6) is 0 Å². The SMILES string of the molecule is [N]=CCCc1ccoc1. The molecule has 0 fully saturated rings. The van der Waals surface area contributed by atoms with Crippen molar-refractivity contribution < 1.29 is 4.42 Å². The van der Waals surface area contributed by atoms with Crippen LogP contribution in [0.4, 0.5) is 0 Å². The highest BCUT2D eigenvalue weighted by molar-refractivity contribution is 5.54. The minimum Gasteiger partial charge on any atom is -0.472 e. The fourth-order valence-electron chi connectivity index (χ4n) is 0.666. The van der Waals surface area contributed by atoms with Gasteiger partial charge < -0.3 is 4.42 Å². The lowest BCUT2D eigenvalue weighted by atomic mass is 10.2. The van der Waals surface area contributed by atoms with E-state index in [4.69, 9.17) is 9.83 Å². The molecule has 1 aromatic heterocycles. The lowest BCUT2D eigenvalue weighted by molar-refractivity contribution is 0.564. The van der Waals surface area contributed by atoms with Crippen LogP contribution in [0, 0.1) is 0 Å². The summed E-state index contributed by atoms with van der Waals surface area (Å²) in [7, 11) is 0. The third-order valence-electron chi connectivity index (χ3n) is 1.14. The van der Waals surface area contributed by atoms with Gasteiger partial charge in [-0.15, -0.1) is 0 Å². The van der Waals surface area contributed by atoms with Crippen LogP contribution in [0.1, 0.15) is 12.0 Å². The molecule has 0 amide bonds. The maximum atomic E-state index is 8.31. The minimum atomic E-state index is 0.694. The Labute approximate surface area is 54.0 Å². The maximum absolute atomic E-state index is 8.31. The fourth-order valence-corrected chi connectivity index (χ4v) is 0.666. The normalized spacial score (nSPS) is 9.33. The van der Waals surface area contributed by atoms with E-state index >= 15 is 0 Å². The van der Waals surface area contributed by atoms with E-state index in [1.165, 1.54) is 0 Å².